The second-order valence-electron chi connectivity index (χ2n) is 12.7. The smallest absolute Gasteiger partial charge is 0.0817 e. The molecule has 48 heavy (non-hydrogen) atoms. The van der Waals surface area contributed by atoms with Gasteiger partial charge in [-0.1, -0.05) is 164 Å². The highest BCUT2D eigenvalue weighted by Crippen LogP contribution is 2.38. The van der Waals surface area contributed by atoms with Gasteiger partial charge in [-0.3, -0.25) is 5.32 Å². The molecule has 0 aliphatic rings. The summed E-state index contributed by atoms with van der Waals surface area (Å²) in [7, 11) is 0. The summed E-state index contributed by atoms with van der Waals surface area (Å²) in [5.74, 6) is 0. The minimum absolute atomic E-state index is 0.154. The molecule has 0 aromatic heterocycles. The molecule has 9 aromatic carbocycles. The third kappa shape index (κ3) is 4.82. The highest BCUT2D eigenvalue weighted by molar-refractivity contribution is 6.25. The van der Waals surface area contributed by atoms with Crippen molar-refractivity contribution in [3.05, 3.63) is 187 Å². The molecule has 228 valence electrons. The quantitative estimate of drug-likeness (QED) is 0.111. The van der Waals surface area contributed by atoms with E-state index < -0.39 is 0 Å². The number of hydrogen-bond donors (Lipinski definition) is 2. The van der Waals surface area contributed by atoms with Crippen LogP contribution in [-0.2, 0) is 0 Å². The van der Waals surface area contributed by atoms with E-state index in [9.17, 15) is 0 Å². The Kier molecular flexibility index (Phi) is 6.97. The molecule has 0 aliphatic carbocycles. The number of rotatable bonds is 6. The maximum atomic E-state index is 6.89. The molecule has 2 unspecified atom stereocenters. The second kappa shape index (κ2) is 11.8. The van der Waals surface area contributed by atoms with Gasteiger partial charge in [0.2, 0.25) is 0 Å². The van der Waals surface area contributed by atoms with E-state index >= 15 is 0 Å². The lowest BCUT2D eigenvalue weighted by molar-refractivity contribution is 0.509. The fraction of sp³-hybridized carbons (Fsp3) is 0.0435. The molecule has 0 amide bonds. The van der Waals surface area contributed by atoms with Crippen molar-refractivity contribution in [2.75, 3.05) is 0 Å². The average Bonchev–Trinajstić information content (AvgIpc) is 3.16. The monoisotopic (exact) mass is 614 g/mol. The van der Waals surface area contributed by atoms with Gasteiger partial charge in [-0.2, -0.15) is 0 Å². The van der Waals surface area contributed by atoms with Crippen molar-refractivity contribution in [2.45, 2.75) is 12.2 Å². The summed E-state index contributed by atoms with van der Waals surface area (Å²) in [5, 5.41) is 18.9. The Morgan fingerprint density at radius 3 is 1.67 bits per heavy atom. The van der Waals surface area contributed by atoms with Crippen molar-refractivity contribution in [1.29, 1.82) is 0 Å². The van der Waals surface area contributed by atoms with Crippen LogP contribution in [0, 0.1) is 0 Å². The molecular formula is C46H34N2. The van der Waals surface area contributed by atoms with Gasteiger partial charge in [-0.15, -0.1) is 0 Å². The summed E-state index contributed by atoms with van der Waals surface area (Å²) < 4.78 is 0. The molecule has 2 atom stereocenters. The van der Waals surface area contributed by atoms with Crippen molar-refractivity contribution >= 4 is 70.7 Å². The number of benzene rings is 9. The lowest BCUT2D eigenvalue weighted by atomic mass is 9.90. The highest BCUT2D eigenvalue weighted by atomic mass is 15.0. The maximum absolute atomic E-state index is 6.89. The van der Waals surface area contributed by atoms with Crippen molar-refractivity contribution in [2.24, 2.45) is 5.73 Å². The van der Waals surface area contributed by atoms with Gasteiger partial charge in [-0.25, -0.2) is 0 Å². The third-order valence-electron chi connectivity index (χ3n) is 9.89. The standard InChI is InChI=1S/C46H34N2/c47-46(31-13-2-1-3-14-31)48-44(33-24-25-41-39-20-9-8-18-37(39)38-19-10-11-21-40(38)43(41)29-33)27-26-42-35-16-6-5-15-32(35)28-34-23-22-30-12-4-7-17-36(30)45(34)42/h1-29,44,46,48H,47H2/b27-26+. The predicted molar refractivity (Wildman–Crippen MR) is 206 cm³/mol. The maximum Gasteiger partial charge on any atom is 0.0817 e. The van der Waals surface area contributed by atoms with Gasteiger partial charge in [0.05, 0.1) is 12.2 Å². The highest BCUT2D eigenvalue weighted by Gasteiger charge is 2.17. The first kappa shape index (κ1) is 28.4. The molecule has 0 fully saturated rings. The number of nitrogens with two attached hydrogens (primary N) is 1. The molecular weight excluding hydrogens is 581 g/mol. The zero-order valence-corrected chi connectivity index (χ0v) is 26.5. The Labute approximate surface area is 279 Å². The lowest BCUT2D eigenvalue weighted by Crippen LogP contribution is -2.31. The van der Waals surface area contributed by atoms with Crippen LogP contribution in [0.5, 0.6) is 0 Å². The summed E-state index contributed by atoms with van der Waals surface area (Å²) in [6.07, 6.45) is 4.26. The molecule has 0 saturated carbocycles. The van der Waals surface area contributed by atoms with Gasteiger partial charge in [0.1, 0.15) is 0 Å². The summed E-state index contributed by atoms with van der Waals surface area (Å²) in [4.78, 5) is 0. The van der Waals surface area contributed by atoms with E-state index in [1.165, 1.54) is 75.8 Å². The molecule has 0 bridgehead atoms. The van der Waals surface area contributed by atoms with Gasteiger partial charge < -0.3 is 5.73 Å². The van der Waals surface area contributed by atoms with Crippen LogP contribution in [-0.4, -0.2) is 0 Å². The Hall–Kier alpha value is -5.80. The van der Waals surface area contributed by atoms with Crippen LogP contribution in [0.3, 0.4) is 0 Å². The van der Waals surface area contributed by atoms with Gasteiger partial charge in [0.15, 0.2) is 0 Å². The summed E-state index contributed by atoms with van der Waals surface area (Å²) in [6.45, 7) is 0. The topological polar surface area (TPSA) is 38.0 Å². The van der Waals surface area contributed by atoms with Crippen LogP contribution in [0.4, 0.5) is 0 Å². The Bertz CT molecular complexity index is 2640. The van der Waals surface area contributed by atoms with E-state index in [-0.39, 0.29) is 12.2 Å². The van der Waals surface area contributed by atoms with Gasteiger partial charge in [0.25, 0.3) is 0 Å². The van der Waals surface area contributed by atoms with E-state index in [1.54, 1.807) is 0 Å². The zero-order valence-electron chi connectivity index (χ0n) is 26.5. The Morgan fingerprint density at radius 2 is 0.958 bits per heavy atom. The van der Waals surface area contributed by atoms with Crippen molar-refractivity contribution in [1.82, 2.24) is 5.32 Å². The normalized spacial score (nSPS) is 13.4. The first-order chi connectivity index (χ1) is 23.7. The number of hydrogen-bond acceptors (Lipinski definition) is 2. The molecule has 3 N–H and O–H groups in total. The van der Waals surface area contributed by atoms with Gasteiger partial charge in [0, 0.05) is 0 Å². The minimum atomic E-state index is -0.352. The van der Waals surface area contributed by atoms with Crippen LogP contribution < -0.4 is 11.1 Å². The van der Waals surface area contributed by atoms with E-state index in [4.69, 9.17) is 5.73 Å². The Balaban J connectivity index is 1.27. The Morgan fingerprint density at radius 1 is 0.417 bits per heavy atom. The second-order valence-corrected chi connectivity index (χ2v) is 12.7. The molecule has 0 spiro atoms. The van der Waals surface area contributed by atoms with E-state index in [2.05, 4.69) is 163 Å². The molecule has 2 heteroatoms. The fourth-order valence-electron chi connectivity index (χ4n) is 7.58. The van der Waals surface area contributed by atoms with Crippen LogP contribution >= 0.6 is 0 Å². The molecule has 0 radical (unpaired) electrons. The zero-order chi connectivity index (χ0) is 32.0. The van der Waals surface area contributed by atoms with E-state index in [0.717, 1.165) is 5.56 Å². The third-order valence-corrected chi connectivity index (χ3v) is 9.89. The predicted octanol–water partition coefficient (Wildman–Crippen LogP) is 11.6. The first-order valence-electron chi connectivity index (χ1n) is 16.6. The van der Waals surface area contributed by atoms with E-state index in [0.29, 0.717) is 0 Å². The summed E-state index contributed by atoms with van der Waals surface area (Å²) in [6, 6.07) is 58.7. The van der Waals surface area contributed by atoms with Crippen LogP contribution in [0.1, 0.15) is 28.9 Å². The average molecular weight is 615 g/mol. The van der Waals surface area contributed by atoms with Crippen LogP contribution in [0.15, 0.2) is 170 Å². The van der Waals surface area contributed by atoms with Crippen molar-refractivity contribution in [3.63, 3.8) is 0 Å². The largest absolute Gasteiger partial charge is 0.312 e. The van der Waals surface area contributed by atoms with Crippen molar-refractivity contribution < 1.29 is 0 Å². The van der Waals surface area contributed by atoms with Gasteiger partial charge >= 0.3 is 0 Å². The van der Waals surface area contributed by atoms with E-state index in [1.807, 2.05) is 18.2 Å². The summed E-state index contributed by atoms with van der Waals surface area (Å²) in [5.41, 5.74) is 10.3. The molecule has 0 heterocycles. The summed E-state index contributed by atoms with van der Waals surface area (Å²) >= 11 is 0. The SMILES string of the molecule is NC(NC(/C=C/c1c2ccccc2cc2ccc3ccccc3c12)c1ccc2c3ccccc3c3ccccc3c2c1)c1ccccc1. The number of nitrogens with one attached hydrogen (secondary N) is 1. The van der Waals surface area contributed by atoms with Crippen LogP contribution in [0.25, 0.3) is 70.7 Å². The number of fused-ring (bicyclic) bond motifs is 10. The van der Waals surface area contributed by atoms with Crippen molar-refractivity contribution in [3.8, 4) is 0 Å². The van der Waals surface area contributed by atoms with Gasteiger partial charge in [-0.05, 0) is 93.5 Å². The van der Waals surface area contributed by atoms with Crippen LogP contribution in [0.2, 0.25) is 0 Å². The lowest BCUT2D eigenvalue weighted by Gasteiger charge is -2.23. The molecule has 0 aliphatic heterocycles. The fourth-order valence-corrected chi connectivity index (χ4v) is 7.58. The first-order valence-corrected chi connectivity index (χ1v) is 16.6. The minimum Gasteiger partial charge on any atom is -0.312 e. The molecule has 2 nitrogen and oxygen atoms in total. The molecule has 0 saturated heterocycles. The molecule has 9 rings (SSSR count). The molecule has 9 aromatic rings.